The van der Waals surface area contributed by atoms with E-state index in [1.165, 1.54) is 0 Å². The van der Waals surface area contributed by atoms with Crippen LogP contribution in [0.5, 0.6) is 5.88 Å². The fourth-order valence-electron chi connectivity index (χ4n) is 1.51. The van der Waals surface area contributed by atoms with Crippen LogP contribution in [-0.4, -0.2) is 16.1 Å². The summed E-state index contributed by atoms with van der Waals surface area (Å²) in [5.41, 5.74) is 0. The van der Waals surface area contributed by atoms with Gasteiger partial charge in [-0.05, 0) is 35.7 Å². The van der Waals surface area contributed by atoms with Gasteiger partial charge in [0.15, 0.2) is 0 Å². The predicted molar refractivity (Wildman–Crippen MR) is 68.7 cm³/mol. The van der Waals surface area contributed by atoms with Crippen molar-refractivity contribution in [1.82, 2.24) is 9.97 Å². The number of hydrogen-bond acceptors (Lipinski definition) is 3. The number of aromatic nitrogens is 2. The Morgan fingerprint density at radius 3 is 2.69 bits per heavy atom. The van der Waals surface area contributed by atoms with Crippen LogP contribution in [0.1, 0.15) is 45.9 Å². The molecule has 0 radical (unpaired) electrons. The normalized spacial score (nSPS) is 12.5. The van der Waals surface area contributed by atoms with Crippen molar-refractivity contribution in [3.05, 3.63) is 16.5 Å². The fraction of sp³-hybridized carbons (Fsp3) is 0.667. The molecule has 0 fully saturated rings. The van der Waals surface area contributed by atoms with E-state index in [4.69, 9.17) is 4.74 Å². The lowest BCUT2D eigenvalue weighted by Gasteiger charge is -2.13. The molecule has 1 atom stereocenters. The van der Waals surface area contributed by atoms with Crippen LogP contribution in [0.2, 0.25) is 0 Å². The molecule has 0 aliphatic carbocycles. The van der Waals surface area contributed by atoms with Gasteiger partial charge in [-0.2, -0.15) is 4.98 Å². The Kier molecular flexibility index (Phi) is 5.74. The van der Waals surface area contributed by atoms with Crippen molar-refractivity contribution in [3.63, 3.8) is 0 Å². The number of nitrogens with zero attached hydrogens (tertiary/aromatic N) is 2. The molecule has 0 amide bonds. The minimum atomic E-state index is 0.210. The first-order chi connectivity index (χ1) is 7.65. The van der Waals surface area contributed by atoms with Crippen LogP contribution in [-0.2, 0) is 6.42 Å². The zero-order chi connectivity index (χ0) is 12.0. The van der Waals surface area contributed by atoms with Gasteiger partial charge in [-0.25, -0.2) is 4.98 Å². The smallest absolute Gasteiger partial charge is 0.217 e. The average molecular weight is 287 g/mol. The van der Waals surface area contributed by atoms with Crippen LogP contribution in [0.4, 0.5) is 0 Å². The van der Waals surface area contributed by atoms with Gasteiger partial charge in [0, 0.05) is 12.5 Å². The molecule has 0 saturated carbocycles. The molecule has 90 valence electrons. The predicted octanol–water partition coefficient (Wildman–Crippen LogP) is 3.76. The van der Waals surface area contributed by atoms with E-state index in [1.54, 1.807) is 0 Å². The number of aryl methyl sites for hydroxylation is 1. The highest BCUT2D eigenvalue weighted by molar-refractivity contribution is 9.10. The van der Waals surface area contributed by atoms with Crippen LogP contribution in [0.15, 0.2) is 10.7 Å². The van der Waals surface area contributed by atoms with Gasteiger partial charge < -0.3 is 4.74 Å². The Balaban J connectivity index is 2.71. The van der Waals surface area contributed by atoms with E-state index in [0.29, 0.717) is 5.88 Å². The van der Waals surface area contributed by atoms with Crippen LogP contribution in [0.3, 0.4) is 0 Å². The molecule has 0 N–H and O–H groups in total. The van der Waals surface area contributed by atoms with Gasteiger partial charge in [0.2, 0.25) is 5.88 Å². The SMILES string of the molecule is CCCc1nc(Br)cc(OC(C)CCC)n1. The van der Waals surface area contributed by atoms with E-state index in [2.05, 4.69) is 46.7 Å². The average Bonchev–Trinajstić information content (AvgIpc) is 2.17. The molecule has 0 aliphatic heterocycles. The van der Waals surface area contributed by atoms with E-state index >= 15 is 0 Å². The van der Waals surface area contributed by atoms with Crippen LogP contribution in [0, 0.1) is 0 Å². The highest BCUT2D eigenvalue weighted by Gasteiger charge is 2.07. The van der Waals surface area contributed by atoms with Gasteiger partial charge >= 0.3 is 0 Å². The fourth-order valence-corrected chi connectivity index (χ4v) is 1.91. The Labute approximate surface area is 106 Å². The van der Waals surface area contributed by atoms with E-state index in [-0.39, 0.29) is 6.10 Å². The zero-order valence-corrected chi connectivity index (χ0v) is 11.7. The molecule has 1 rings (SSSR count). The summed E-state index contributed by atoms with van der Waals surface area (Å²) in [4.78, 5) is 8.68. The molecule has 1 unspecified atom stereocenters. The van der Waals surface area contributed by atoms with E-state index in [1.807, 2.05) is 6.07 Å². The largest absolute Gasteiger partial charge is 0.475 e. The lowest BCUT2D eigenvalue weighted by molar-refractivity contribution is 0.200. The van der Waals surface area contributed by atoms with Crippen molar-refractivity contribution in [2.75, 3.05) is 0 Å². The van der Waals surface area contributed by atoms with Crippen LogP contribution >= 0.6 is 15.9 Å². The summed E-state index contributed by atoms with van der Waals surface area (Å²) in [5.74, 6) is 1.52. The molecule has 0 aromatic carbocycles. The van der Waals surface area contributed by atoms with Crippen molar-refractivity contribution in [3.8, 4) is 5.88 Å². The maximum absolute atomic E-state index is 5.74. The zero-order valence-electron chi connectivity index (χ0n) is 10.2. The van der Waals surface area contributed by atoms with E-state index < -0.39 is 0 Å². The van der Waals surface area contributed by atoms with Crippen LogP contribution in [0.25, 0.3) is 0 Å². The monoisotopic (exact) mass is 286 g/mol. The number of hydrogen-bond donors (Lipinski definition) is 0. The van der Waals surface area contributed by atoms with Gasteiger partial charge in [0.1, 0.15) is 10.4 Å². The first kappa shape index (κ1) is 13.4. The van der Waals surface area contributed by atoms with Gasteiger partial charge in [-0.1, -0.05) is 20.3 Å². The first-order valence-corrected chi connectivity index (χ1v) is 6.65. The molecule has 1 heterocycles. The maximum atomic E-state index is 5.74. The number of ether oxygens (including phenoxy) is 1. The number of rotatable bonds is 6. The van der Waals surface area contributed by atoms with Gasteiger partial charge in [0.05, 0.1) is 6.10 Å². The van der Waals surface area contributed by atoms with E-state index in [0.717, 1.165) is 36.1 Å². The molecule has 0 bridgehead atoms. The first-order valence-electron chi connectivity index (χ1n) is 5.85. The minimum Gasteiger partial charge on any atom is -0.475 e. The molecule has 0 aliphatic rings. The summed E-state index contributed by atoms with van der Waals surface area (Å²) in [5, 5.41) is 0. The molecular formula is C12H19BrN2O. The van der Waals surface area contributed by atoms with Gasteiger partial charge in [-0.3, -0.25) is 0 Å². The molecule has 1 aromatic heterocycles. The summed E-state index contributed by atoms with van der Waals surface area (Å²) >= 11 is 3.38. The van der Waals surface area contributed by atoms with Crippen molar-refractivity contribution < 1.29 is 4.74 Å². The van der Waals surface area contributed by atoms with Gasteiger partial charge in [-0.15, -0.1) is 0 Å². The minimum absolute atomic E-state index is 0.210. The van der Waals surface area contributed by atoms with E-state index in [9.17, 15) is 0 Å². The quantitative estimate of drug-likeness (QED) is 0.747. The van der Waals surface area contributed by atoms with Crippen molar-refractivity contribution in [1.29, 1.82) is 0 Å². The summed E-state index contributed by atoms with van der Waals surface area (Å²) in [7, 11) is 0. The summed E-state index contributed by atoms with van der Waals surface area (Å²) in [6.45, 7) is 6.34. The topological polar surface area (TPSA) is 35.0 Å². The summed E-state index contributed by atoms with van der Waals surface area (Å²) in [6.07, 6.45) is 4.31. The molecule has 0 saturated heterocycles. The van der Waals surface area contributed by atoms with Crippen LogP contribution < -0.4 is 4.74 Å². The molecule has 4 heteroatoms. The number of halogens is 1. The maximum Gasteiger partial charge on any atom is 0.217 e. The van der Waals surface area contributed by atoms with Crippen molar-refractivity contribution >= 4 is 15.9 Å². The standard InChI is InChI=1S/C12H19BrN2O/c1-4-6-9(3)16-12-8-10(13)14-11(15-12)7-5-2/h8-9H,4-7H2,1-3H3. The second-order valence-electron chi connectivity index (χ2n) is 3.91. The molecule has 1 aromatic rings. The Hall–Kier alpha value is -0.640. The Morgan fingerprint density at radius 1 is 1.31 bits per heavy atom. The third-order valence-corrected chi connectivity index (χ3v) is 2.61. The van der Waals surface area contributed by atoms with Crippen molar-refractivity contribution in [2.24, 2.45) is 0 Å². The highest BCUT2D eigenvalue weighted by Crippen LogP contribution is 2.17. The molecule has 3 nitrogen and oxygen atoms in total. The second-order valence-corrected chi connectivity index (χ2v) is 4.72. The lowest BCUT2D eigenvalue weighted by Crippen LogP contribution is -2.12. The molecule has 0 spiro atoms. The third-order valence-electron chi connectivity index (χ3n) is 2.21. The molecule has 16 heavy (non-hydrogen) atoms. The second kappa shape index (κ2) is 6.84. The van der Waals surface area contributed by atoms with Gasteiger partial charge in [0.25, 0.3) is 0 Å². The highest BCUT2D eigenvalue weighted by atomic mass is 79.9. The lowest BCUT2D eigenvalue weighted by atomic mass is 10.2. The summed E-state index contributed by atoms with van der Waals surface area (Å²) in [6, 6.07) is 1.82. The molecular weight excluding hydrogens is 268 g/mol. The Bertz CT molecular complexity index is 331. The Morgan fingerprint density at radius 2 is 2.06 bits per heavy atom. The third kappa shape index (κ3) is 4.47. The summed E-state index contributed by atoms with van der Waals surface area (Å²) < 4.78 is 6.54. The van der Waals surface area contributed by atoms with Crippen molar-refractivity contribution in [2.45, 2.75) is 52.6 Å².